The number of aliphatic imine (C=N–C) groups is 1. The predicted molar refractivity (Wildman–Crippen MR) is 117 cm³/mol. The Balaban J connectivity index is 0.00000338. The van der Waals surface area contributed by atoms with Gasteiger partial charge in [-0.25, -0.2) is 4.98 Å². The number of ether oxygens (including phenoxy) is 1. The van der Waals surface area contributed by atoms with Gasteiger partial charge in [-0.05, 0) is 11.5 Å². The van der Waals surface area contributed by atoms with Gasteiger partial charge in [-0.3, -0.25) is 4.99 Å². The molecule has 1 aromatic heterocycles. The molecule has 0 aliphatic carbocycles. The summed E-state index contributed by atoms with van der Waals surface area (Å²) >= 11 is 0. The topological polar surface area (TPSA) is 63.5 Å². The highest BCUT2D eigenvalue weighted by Gasteiger charge is 2.05. The van der Waals surface area contributed by atoms with Crippen LogP contribution >= 0.6 is 24.0 Å². The number of rotatable bonds is 9. The number of aromatic nitrogens is 2. The molecule has 0 aliphatic heterocycles. The van der Waals surface area contributed by atoms with Gasteiger partial charge in [0.1, 0.15) is 5.82 Å². The standard InChI is InChI=1S/C19H29N5O.HI/c1-16(2)14-24-11-9-21-18(24)13-23-19(20-3)22-10-12-25-15-17-7-5-4-6-8-17;/h4-9,11,16H,10,12-15H2,1-3H3,(H2,20,22,23);1H. The van der Waals surface area contributed by atoms with E-state index < -0.39 is 0 Å². The third-order valence-electron chi connectivity index (χ3n) is 3.65. The molecule has 0 atom stereocenters. The fourth-order valence-electron chi connectivity index (χ4n) is 2.46. The van der Waals surface area contributed by atoms with E-state index in [0.717, 1.165) is 18.3 Å². The highest BCUT2D eigenvalue weighted by atomic mass is 127. The molecule has 144 valence electrons. The van der Waals surface area contributed by atoms with Crippen LogP contribution in [0.5, 0.6) is 0 Å². The Morgan fingerprint density at radius 2 is 2.00 bits per heavy atom. The van der Waals surface area contributed by atoms with Crippen molar-refractivity contribution in [3.8, 4) is 0 Å². The lowest BCUT2D eigenvalue weighted by atomic mass is 10.2. The number of hydrogen-bond acceptors (Lipinski definition) is 3. The molecule has 0 saturated carbocycles. The van der Waals surface area contributed by atoms with Gasteiger partial charge in [0.2, 0.25) is 0 Å². The molecule has 0 amide bonds. The maximum absolute atomic E-state index is 5.67. The number of nitrogens with one attached hydrogen (secondary N) is 2. The zero-order chi connectivity index (χ0) is 17.9. The molecule has 2 N–H and O–H groups in total. The summed E-state index contributed by atoms with van der Waals surface area (Å²) in [5.74, 6) is 2.35. The minimum absolute atomic E-state index is 0. The SMILES string of the molecule is CN=C(NCCOCc1ccccc1)NCc1nccn1CC(C)C.I. The molecule has 0 saturated heterocycles. The first-order valence-corrected chi connectivity index (χ1v) is 8.75. The summed E-state index contributed by atoms with van der Waals surface area (Å²) in [6, 6.07) is 10.2. The second-order valence-corrected chi connectivity index (χ2v) is 6.28. The highest BCUT2D eigenvalue weighted by molar-refractivity contribution is 14.0. The first-order valence-electron chi connectivity index (χ1n) is 8.75. The summed E-state index contributed by atoms with van der Waals surface area (Å²) < 4.78 is 7.84. The number of halogens is 1. The Morgan fingerprint density at radius 3 is 2.69 bits per heavy atom. The first-order chi connectivity index (χ1) is 12.2. The van der Waals surface area contributed by atoms with Crippen molar-refractivity contribution in [2.45, 2.75) is 33.5 Å². The van der Waals surface area contributed by atoms with Crippen LogP contribution in [0.1, 0.15) is 25.2 Å². The lowest BCUT2D eigenvalue weighted by Crippen LogP contribution is -2.39. The van der Waals surface area contributed by atoms with Crippen LogP contribution in [0.4, 0.5) is 0 Å². The quantitative estimate of drug-likeness (QED) is 0.256. The predicted octanol–water partition coefficient (Wildman–Crippen LogP) is 3.04. The van der Waals surface area contributed by atoms with Crippen molar-refractivity contribution in [2.24, 2.45) is 10.9 Å². The molecule has 6 nitrogen and oxygen atoms in total. The first kappa shape index (κ1) is 22.4. The summed E-state index contributed by atoms with van der Waals surface area (Å²) in [7, 11) is 1.76. The normalized spacial score (nSPS) is 11.3. The fraction of sp³-hybridized carbons (Fsp3) is 0.474. The summed E-state index contributed by atoms with van der Waals surface area (Å²) in [5, 5.41) is 6.55. The molecule has 2 aromatic rings. The number of hydrogen-bond donors (Lipinski definition) is 2. The maximum Gasteiger partial charge on any atom is 0.191 e. The molecule has 0 spiro atoms. The van der Waals surface area contributed by atoms with Gasteiger partial charge in [0.05, 0.1) is 19.8 Å². The van der Waals surface area contributed by atoms with Crippen molar-refractivity contribution in [3.05, 3.63) is 54.1 Å². The van der Waals surface area contributed by atoms with Crippen LogP contribution in [-0.2, 0) is 24.4 Å². The van der Waals surface area contributed by atoms with E-state index >= 15 is 0 Å². The Morgan fingerprint density at radius 1 is 1.23 bits per heavy atom. The van der Waals surface area contributed by atoms with Crippen LogP contribution in [0.25, 0.3) is 0 Å². The third kappa shape index (κ3) is 8.18. The van der Waals surface area contributed by atoms with Crippen LogP contribution in [0, 0.1) is 5.92 Å². The van der Waals surface area contributed by atoms with Gasteiger partial charge in [0.15, 0.2) is 5.96 Å². The number of benzene rings is 1. The molecule has 1 aromatic carbocycles. The summed E-state index contributed by atoms with van der Waals surface area (Å²) in [5.41, 5.74) is 1.18. The van der Waals surface area contributed by atoms with Crippen molar-refractivity contribution in [2.75, 3.05) is 20.2 Å². The number of nitrogens with zero attached hydrogens (tertiary/aromatic N) is 3. The minimum atomic E-state index is 0. The smallest absolute Gasteiger partial charge is 0.191 e. The van der Waals surface area contributed by atoms with Gasteiger partial charge >= 0.3 is 0 Å². The van der Waals surface area contributed by atoms with Gasteiger partial charge in [-0.15, -0.1) is 24.0 Å². The number of guanidine groups is 1. The largest absolute Gasteiger partial charge is 0.375 e. The monoisotopic (exact) mass is 471 g/mol. The van der Waals surface area contributed by atoms with Crippen molar-refractivity contribution in [1.29, 1.82) is 0 Å². The van der Waals surface area contributed by atoms with Gasteiger partial charge in [-0.1, -0.05) is 44.2 Å². The van der Waals surface area contributed by atoms with E-state index in [1.165, 1.54) is 5.56 Å². The molecule has 0 bridgehead atoms. The average molecular weight is 471 g/mol. The minimum Gasteiger partial charge on any atom is -0.375 e. The van der Waals surface area contributed by atoms with Crippen LogP contribution in [-0.4, -0.2) is 35.7 Å². The van der Waals surface area contributed by atoms with Crippen LogP contribution < -0.4 is 10.6 Å². The second kappa shape index (κ2) is 12.7. The zero-order valence-electron chi connectivity index (χ0n) is 15.8. The fourth-order valence-corrected chi connectivity index (χ4v) is 2.46. The van der Waals surface area contributed by atoms with Gasteiger partial charge in [-0.2, -0.15) is 0 Å². The molecule has 7 heteroatoms. The van der Waals surface area contributed by atoms with E-state index in [0.29, 0.717) is 32.2 Å². The molecule has 0 aliphatic rings. The summed E-state index contributed by atoms with van der Waals surface area (Å²) in [6.45, 7) is 7.96. The molecule has 26 heavy (non-hydrogen) atoms. The number of imidazole rings is 1. The van der Waals surface area contributed by atoms with E-state index in [4.69, 9.17) is 4.74 Å². The Hall–Kier alpha value is -1.61. The van der Waals surface area contributed by atoms with Gasteiger partial charge < -0.3 is 19.9 Å². The van der Waals surface area contributed by atoms with Crippen LogP contribution in [0.2, 0.25) is 0 Å². The van der Waals surface area contributed by atoms with Crippen molar-refractivity contribution < 1.29 is 4.74 Å². The zero-order valence-corrected chi connectivity index (χ0v) is 18.1. The van der Waals surface area contributed by atoms with E-state index in [-0.39, 0.29) is 24.0 Å². The molecular weight excluding hydrogens is 441 g/mol. The van der Waals surface area contributed by atoms with Crippen molar-refractivity contribution >= 4 is 29.9 Å². The van der Waals surface area contributed by atoms with Crippen LogP contribution in [0.15, 0.2) is 47.7 Å². The Kier molecular flexibility index (Phi) is 11.0. The van der Waals surface area contributed by atoms with E-state index in [9.17, 15) is 0 Å². The summed E-state index contributed by atoms with van der Waals surface area (Å²) in [6.07, 6.45) is 3.86. The highest BCUT2D eigenvalue weighted by Crippen LogP contribution is 2.03. The molecule has 1 heterocycles. The van der Waals surface area contributed by atoms with Crippen molar-refractivity contribution in [3.63, 3.8) is 0 Å². The third-order valence-corrected chi connectivity index (χ3v) is 3.65. The Labute approximate surface area is 173 Å². The molecular formula is C19H30IN5O. The molecule has 0 fully saturated rings. The maximum atomic E-state index is 5.67. The molecule has 0 unspecified atom stereocenters. The van der Waals surface area contributed by atoms with E-state index in [2.05, 4.69) is 51.2 Å². The van der Waals surface area contributed by atoms with E-state index in [1.807, 2.05) is 30.6 Å². The van der Waals surface area contributed by atoms with E-state index in [1.54, 1.807) is 7.05 Å². The summed E-state index contributed by atoms with van der Waals surface area (Å²) in [4.78, 5) is 8.65. The lowest BCUT2D eigenvalue weighted by Gasteiger charge is -2.14. The van der Waals surface area contributed by atoms with Crippen LogP contribution in [0.3, 0.4) is 0 Å². The van der Waals surface area contributed by atoms with Gasteiger partial charge in [0.25, 0.3) is 0 Å². The lowest BCUT2D eigenvalue weighted by molar-refractivity contribution is 0.125. The Bertz CT molecular complexity index is 642. The second-order valence-electron chi connectivity index (χ2n) is 6.28. The molecule has 0 radical (unpaired) electrons. The average Bonchev–Trinajstić information content (AvgIpc) is 3.04. The van der Waals surface area contributed by atoms with Crippen molar-refractivity contribution in [1.82, 2.24) is 20.2 Å². The van der Waals surface area contributed by atoms with Gasteiger partial charge in [0, 0.05) is 32.5 Å². The molecule has 2 rings (SSSR count).